The average Bonchev–Trinajstić information content (AvgIpc) is 2.83. The van der Waals surface area contributed by atoms with E-state index < -0.39 is 5.91 Å². The van der Waals surface area contributed by atoms with E-state index in [4.69, 9.17) is 14.2 Å². The molecule has 3 rings (SSSR count). The standard InChI is InChI=1S/C27H25BrN2O4/c1-4-33-25-14-20(24(28)15-26(25)34-17-19-7-5-6-18(2)12-19)13-21(16-29)27(31)30-22-8-10-23(32-3)11-9-22/h5-15H,4,17H2,1-3H3,(H,30,31)/b21-13+. The van der Waals surface area contributed by atoms with Crippen molar-refractivity contribution in [1.29, 1.82) is 5.26 Å². The molecule has 0 fully saturated rings. The van der Waals surface area contributed by atoms with Crippen LogP contribution in [0.5, 0.6) is 17.2 Å². The zero-order chi connectivity index (χ0) is 24.5. The van der Waals surface area contributed by atoms with Crippen LogP contribution in [0.2, 0.25) is 0 Å². The van der Waals surface area contributed by atoms with E-state index in [-0.39, 0.29) is 5.57 Å². The molecule has 174 valence electrons. The molecule has 0 aliphatic carbocycles. The molecule has 3 aromatic carbocycles. The van der Waals surface area contributed by atoms with Crippen molar-refractivity contribution in [2.75, 3.05) is 19.0 Å². The molecule has 6 nitrogen and oxygen atoms in total. The van der Waals surface area contributed by atoms with Gasteiger partial charge in [0.1, 0.15) is 24.0 Å². The summed E-state index contributed by atoms with van der Waals surface area (Å²) in [5.74, 6) is 1.24. The summed E-state index contributed by atoms with van der Waals surface area (Å²) in [7, 11) is 1.57. The van der Waals surface area contributed by atoms with Gasteiger partial charge in [-0.1, -0.05) is 45.8 Å². The zero-order valence-electron chi connectivity index (χ0n) is 19.2. The second-order valence-corrected chi connectivity index (χ2v) is 8.24. The fourth-order valence-corrected chi connectivity index (χ4v) is 3.62. The van der Waals surface area contributed by atoms with Crippen LogP contribution in [0.1, 0.15) is 23.6 Å². The number of amides is 1. The smallest absolute Gasteiger partial charge is 0.266 e. The van der Waals surface area contributed by atoms with Crippen molar-refractivity contribution in [1.82, 2.24) is 0 Å². The molecule has 0 aliphatic heterocycles. The molecule has 0 bridgehead atoms. The number of nitriles is 1. The predicted molar refractivity (Wildman–Crippen MR) is 136 cm³/mol. The molecule has 34 heavy (non-hydrogen) atoms. The number of methoxy groups -OCH3 is 1. The number of rotatable bonds is 9. The second-order valence-electron chi connectivity index (χ2n) is 7.38. The van der Waals surface area contributed by atoms with Crippen LogP contribution in [0.3, 0.4) is 0 Å². The third kappa shape index (κ3) is 6.63. The summed E-state index contributed by atoms with van der Waals surface area (Å²) in [6.07, 6.45) is 1.51. The summed E-state index contributed by atoms with van der Waals surface area (Å²) < 4.78 is 17.6. The molecule has 0 spiro atoms. The van der Waals surface area contributed by atoms with Gasteiger partial charge in [-0.05, 0) is 67.4 Å². The summed E-state index contributed by atoms with van der Waals surface area (Å²) in [6, 6.07) is 20.4. The van der Waals surface area contributed by atoms with Crippen molar-refractivity contribution < 1.29 is 19.0 Å². The van der Waals surface area contributed by atoms with Crippen molar-refractivity contribution in [3.8, 4) is 23.3 Å². The van der Waals surface area contributed by atoms with Gasteiger partial charge >= 0.3 is 0 Å². The second kappa shape index (κ2) is 11.9. The lowest BCUT2D eigenvalue weighted by atomic mass is 10.1. The van der Waals surface area contributed by atoms with Crippen LogP contribution >= 0.6 is 15.9 Å². The molecular weight excluding hydrogens is 496 g/mol. The molecule has 0 saturated carbocycles. The molecule has 7 heteroatoms. The van der Waals surface area contributed by atoms with E-state index in [2.05, 4.69) is 27.3 Å². The molecule has 0 radical (unpaired) electrons. The largest absolute Gasteiger partial charge is 0.497 e. The molecule has 3 aromatic rings. The monoisotopic (exact) mass is 520 g/mol. The van der Waals surface area contributed by atoms with Crippen molar-refractivity contribution in [2.24, 2.45) is 0 Å². The van der Waals surface area contributed by atoms with Gasteiger partial charge in [0.25, 0.3) is 5.91 Å². The minimum absolute atomic E-state index is 0.0487. The van der Waals surface area contributed by atoms with Crippen molar-refractivity contribution in [3.63, 3.8) is 0 Å². The Bertz CT molecular complexity index is 1230. The number of aryl methyl sites for hydroxylation is 1. The highest BCUT2D eigenvalue weighted by atomic mass is 79.9. The molecule has 1 amide bonds. The van der Waals surface area contributed by atoms with Crippen LogP contribution in [-0.2, 0) is 11.4 Å². The van der Waals surface area contributed by atoms with Gasteiger partial charge in [0, 0.05) is 10.2 Å². The quantitative estimate of drug-likeness (QED) is 0.265. The van der Waals surface area contributed by atoms with Gasteiger partial charge in [0.2, 0.25) is 0 Å². The molecule has 1 N–H and O–H groups in total. The van der Waals surface area contributed by atoms with Crippen molar-refractivity contribution in [3.05, 3.63) is 87.4 Å². The average molecular weight is 521 g/mol. The number of nitrogens with zero attached hydrogens (tertiary/aromatic N) is 1. The highest BCUT2D eigenvalue weighted by molar-refractivity contribution is 9.10. The maximum absolute atomic E-state index is 12.7. The highest BCUT2D eigenvalue weighted by Gasteiger charge is 2.14. The Labute approximate surface area is 207 Å². The number of hydrogen-bond acceptors (Lipinski definition) is 5. The Balaban J connectivity index is 1.82. The number of carbonyl (C=O) groups excluding carboxylic acids is 1. The number of nitrogens with one attached hydrogen (secondary N) is 1. The Morgan fingerprint density at radius 2 is 1.82 bits per heavy atom. The van der Waals surface area contributed by atoms with Gasteiger partial charge in [-0.3, -0.25) is 4.79 Å². The molecular formula is C27H25BrN2O4. The number of carbonyl (C=O) groups is 1. The van der Waals surface area contributed by atoms with Crippen LogP contribution in [-0.4, -0.2) is 19.6 Å². The topological polar surface area (TPSA) is 80.6 Å². The summed E-state index contributed by atoms with van der Waals surface area (Å²) in [4.78, 5) is 12.7. The summed E-state index contributed by atoms with van der Waals surface area (Å²) in [6.45, 7) is 4.74. The van der Waals surface area contributed by atoms with E-state index >= 15 is 0 Å². The maximum Gasteiger partial charge on any atom is 0.266 e. The first-order valence-electron chi connectivity index (χ1n) is 10.7. The maximum atomic E-state index is 12.7. The first kappa shape index (κ1) is 24.9. The van der Waals surface area contributed by atoms with Crippen molar-refractivity contribution >= 4 is 33.6 Å². The number of benzene rings is 3. The summed E-state index contributed by atoms with van der Waals surface area (Å²) in [5.41, 5.74) is 3.33. The van der Waals surface area contributed by atoms with Gasteiger partial charge in [-0.15, -0.1) is 0 Å². The van der Waals surface area contributed by atoms with E-state index in [1.807, 2.05) is 38.1 Å². The Hall–Kier alpha value is -3.76. The number of hydrogen-bond donors (Lipinski definition) is 1. The van der Waals surface area contributed by atoms with E-state index in [0.29, 0.717) is 46.2 Å². The molecule has 0 heterocycles. The fraction of sp³-hybridized carbons (Fsp3) is 0.185. The number of halogens is 1. The lowest BCUT2D eigenvalue weighted by molar-refractivity contribution is -0.112. The minimum atomic E-state index is -0.516. The molecule has 0 unspecified atom stereocenters. The lowest BCUT2D eigenvalue weighted by Crippen LogP contribution is -2.13. The van der Waals surface area contributed by atoms with E-state index in [9.17, 15) is 10.1 Å². The SMILES string of the molecule is CCOc1cc(/C=C(\C#N)C(=O)Nc2ccc(OC)cc2)c(Br)cc1OCc1cccc(C)c1. The van der Waals surface area contributed by atoms with Crippen LogP contribution in [0.15, 0.2) is 70.7 Å². The normalized spacial score (nSPS) is 10.9. The summed E-state index contributed by atoms with van der Waals surface area (Å²) >= 11 is 3.52. The third-order valence-corrected chi connectivity index (χ3v) is 5.54. The zero-order valence-corrected chi connectivity index (χ0v) is 20.8. The fourth-order valence-electron chi connectivity index (χ4n) is 3.18. The number of anilines is 1. The van der Waals surface area contributed by atoms with Crippen LogP contribution in [0.4, 0.5) is 5.69 Å². The minimum Gasteiger partial charge on any atom is -0.497 e. The highest BCUT2D eigenvalue weighted by Crippen LogP contribution is 2.35. The van der Waals surface area contributed by atoms with E-state index in [0.717, 1.165) is 11.1 Å². The van der Waals surface area contributed by atoms with Crippen LogP contribution in [0.25, 0.3) is 6.08 Å². The van der Waals surface area contributed by atoms with Gasteiger partial charge in [-0.2, -0.15) is 5.26 Å². The van der Waals surface area contributed by atoms with Gasteiger partial charge < -0.3 is 19.5 Å². The van der Waals surface area contributed by atoms with Crippen molar-refractivity contribution in [2.45, 2.75) is 20.5 Å². The molecule has 0 aliphatic rings. The first-order chi connectivity index (χ1) is 16.4. The molecule has 0 atom stereocenters. The third-order valence-electron chi connectivity index (χ3n) is 4.85. The van der Waals surface area contributed by atoms with E-state index in [1.54, 1.807) is 43.5 Å². The van der Waals surface area contributed by atoms with Gasteiger partial charge in [-0.25, -0.2) is 0 Å². The number of ether oxygens (including phenoxy) is 3. The van der Waals surface area contributed by atoms with Crippen LogP contribution < -0.4 is 19.5 Å². The van der Waals surface area contributed by atoms with Gasteiger partial charge in [0.05, 0.1) is 13.7 Å². The van der Waals surface area contributed by atoms with E-state index in [1.165, 1.54) is 6.08 Å². The lowest BCUT2D eigenvalue weighted by Gasteiger charge is -2.14. The molecule has 0 saturated heterocycles. The Morgan fingerprint density at radius 1 is 1.09 bits per heavy atom. The predicted octanol–water partition coefficient (Wildman–Crippen LogP) is 6.29. The molecule has 0 aromatic heterocycles. The Kier molecular flexibility index (Phi) is 8.72. The first-order valence-corrected chi connectivity index (χ1v) is 11.4. The summed E-state index contributed by atoms with van der Waals surface area (Å²) in [5, 5.41) is 12.3. The Morgan fingerprint density at radius 3 is 2.47 bits per heavy atom. The van der Waals surface area contributed by atoms with Gasteiger partial charge in [0.15, 0.2) is 11.5 Å². The van der Waals surface area contributed by atoms with Crippen LogP contribution in [0, 0.1) is 18.3 Å².